The van der Waals surface area contributed by atoms with Crippen LogP contribution in [0, 0.1) is 22.7 Å². The predicted molar refractivity (Wildman–Crippen MR) is 212 cm³/mol. The summed E-state index contributed by atoms with van der Waals surface area (Å²) >= 11 is 0. The number of hydrogen-bond acceptors (Lipinski definition) is 2. The average molecular weight is 647 g/mol. The SMILES string of the molecule is C=CC1=c2c(ccc(-c3ccc(C#N)cc3)c2=CC)-c2cc3c(-c4ccccc4)cc4c5ccc(C#N)cc5c(-c5ccccc5)cc4c3cc21. The molecule has 0 heterocycles. The third-order valence-corrected chi connectivity index (χ3v) is 10.4. The Labute approximate surface area is 296 Å². The molecule has 51 heavy (non-hydrogen) atoms. The van der Waals surface area contributed by atoms with E-state index in [0.717, 1.165) is 54.8 Å². The molecule has 0 radical (unpaired) electrons. The Hall–Kier alpha value is -7.00. The normalized spacial score (nSPS) is 12.1. The zero-order chi connectivity index (χ0) is 34.6. The van der Waals surface area contributed by atoms with Crippen LogP contribution in [0.3, 0.4) is 0 Å². The van der Waals surface area contributed by atoms with Gasteiger partial charge in [0.15, 0.2) is 0 Å². The third kappa shape index (κ3) is 4.63. The van der Waals surface area contributed by atoms with E-state index >= 15 is 0 Å². The first-order chi connectivity index (χ1) is 25.1. The highest BCUT2D eigenvalue weighted by Crippen LogP contribution is 2.45. The molecule has 0 aliphatic heterocycles. The van der Waals surface area contributed by atoms with Crippen LogP contribution in [0.15, 0.2) is 152 Å². The maximum atomic E-state index is 9.88. The van der Waals surface area contributed by atoms with Gasteiger partial charge in [-0.25, -0.2) is 0 Å². The lowest BCUT2D eigenvalue weighted by Gasteiger charge is -2.18. The molecule has 8 aromatic rings. The van der Waals surface area contributed by atoms with Gasteiger partial charge in [0, 0.05) is 0 Å². The van der Waals surface area contributed by atoms with Crippen molar-refractivity contribution in [2.24, 2.45) is 0 Å². The highest BCUT2D eigenvalue weighted by molar-refractivity contribution is 6.25. The molecule has 0 amide bonds. The van der Waals surface area contributed by atoms with Crippen LogP contribution >= 0.6 is 0 Å². The summed E-state index contributed by atoms with van der Waals surface area (Å²) < 4.78 is 0. The molecule has 0 aromatic heterocycles. The van der Waals surface area contributed by atoms with Crippen LogP contribution in [-0.4, -0.2) is 0 Å². The molecule has 1 aliphatic rings. The van der Waals surface area contributed by atoms with Gasteiger partial charge in [-0.05, 0) is 154 Å². The van der Waals surface area contributed by atoms with Gasteiger partial charge < -0.3 is 0 Å². The van der Waals surface area contributed by atoms with Gasteiger partial charge in [0.2, 0.25) is 0 Å². The van der Waals surface area contributed by atoms with Crippen molar-refractivity contribution in [3.63, 3.8) is 0 Å². The minimum Gasteiger partial charge on any atom is -0.192 e. The van der Waals surface area contributed by atoms with Crippen molar-refractivity contribution >= 4 is 44.0 Å². The zero-order valence-corrected chi connectivity index (χ0v) is 28.0. The third-order valence-electron chi connectivity index (χ3n) is 10.4. The molecule has 9 rings (SSSR count). The van der Waals surface area contributed by atoms with E-state index in [-0.39, 0.29) is 0 Å². The number of hydrogen-bond donors (Lipinski definition) is 0. The fraction of sp³-hybridized carbons (Fsp3) is 0.0204. The van der Waals surface area contributed by atoms with Crippen molar-refractivity contribution in [3.05, 3.63) is 179 Å². The summed E-state index contributed by atoms with van der Waals surface area (Å²) in [4.78, 5) is 0. The Morgan fingerprint density at radius 1 is 0.451 bits per heavy atom. The van der Waals surface area contributed by atoms with E-state index in [1.165, 1.54) is 43.6 Å². The number of rotatable bonds is 4. The highest BCUT2D eigenvalue weighted by Gasteiger charge is 2.24. The Bertz CT molecular complexity index is 2970. The lowest BCUT2D eigenvalue weighted by molar-refractivity contribution is 1.46. The van der Waals surface area contributed by atoms with Gasteiger partial charge in [0.25, 0.3) is 0 Å². The van der Waals surface area contributed by atoms with Crippen molar-refractivity contribution in [1.82, 2.24) is 0 Å². The lowest BCUT2D eigenvalue weighted by atomic mass is 9.85. The van der Waals surface area contributed by atoms with E-state index in [1.54, 1.807) is 0 Å². The summed E-state index contributed by atoms with van der Waals surface area (Å²) in [7, 11) is 0. The number of allylic oxidation sites excluding steroid dienone is 1. The molecule has 2 heteroatoms. The van der Waals surface area contributed by atoms with Crippen LogP contribution in [-0.2, 0) is 0 Å². The summed E-state index contributed by atoms with van der Waals surface area (Å²) in [6, 6.07) is 53.5. The molecule has 8 aromatic carbocycles. The van der Waals surface area contributed by atoms with E-state index in [4.69, 9.17) is 0 Å². The van der Waals surface area contributed by atoms with Crippen LogP contribution in [0.2, 0.25) is 0 Å². The maximum absolute atomic E-state index is 9.88. The van der Waals surface area contributed by atoms with Crippen molar-refractivity contribution < 1.29 is 0 Å². The molecule has 0 unspecified atom stereocenters. The molecular weight excluding hydrogens is 617 g/mol. The van der Waals surface area contributed by atoms with E-state index in [2.05, 4.69) is 129 Å². The first-order valence-corrected chi connectivity index (χ1v) is 17.1. The summed E-state index contributed by atoms with van der Waals surface area (Å²) in [5.41, 5.74) is 12.7. The quantitative estimate of drug-likeness (QED) is 0.179. The molecule has 0 fully saturated rings. The van der Waals surface area contributed by atoms with Crippen molar-refractivity contribution in [2.45, 2.75) is 6.92 Å². The average Bonchev–Trinajstić information content (AvgIpc) is 3.52. The number of nitriles is 2. The van der Waals surface area contributed by atoms with E-state index in [1.807, 2.05) is 48.5 Å². The summed E-state index contributed by atoms with van der Waals surface area (Å²) in [6.07, 6.45) is 4.20. The Kier molecular flexibility index (Phi) is 6.99. The highest BCUT2D eigenvalue weighted by atomic mass is 14.3. The van der Waals surface area contributed by atoms with Gasteiger partial charge in [0.1, 0.15) is 0 Å². The summed E-state index contributed by atoms with van der Waals surface area (Å²) in [6.45, 7) is 6.44. The predicted octanol–water partition coefficient (Wildman–Crippen LogP) is 11.1. The van der Waals surface area contributed by atoms with Crippen molar-refractivity contribution in [1.29, 1.82) is 10.5 Å². The van der Waals surface area contributed by atoms with Gasteiger partial charge >= 0.3 is 0 Å². The van der Waals surface area contributed by atoms with Crippen LogP contribution in [0.4, 0.5) is 0 Å². The minimum atomic E-state index is 0.646. The second kappa shape index (κ2) is 11.9. The monoisotopic (exact) mass is 646 g/mol. The minimum absolute atomic E-state index is 0.646. The fourth-order valence-electron chi connectivity index (χ4n) is 8.08. The van der Waals surface area contributed by atoms with E-state index in [9.17, 15) is 10.5 Å². The molecule has 236 valence electrons. The molecule has 0 saturated carbocycles. The van der Waals surface area contributed by atoms with Crippen LogP contribution < -0.4 is 10.4 Å². The molecule has 0 saturated heterocycles. The van der Waals surface area contributed by atoms with Crippen LogP contribution in [0.25, 0.3) is 88.5 Å². The van der Waals surface area contributed by atoms with Gasteiger partial charge in [-0.2, -0.15) is 10.5 Å². The Balaban J connectivity index is 1.42. The van der Waals surface area contributed by atoms with Crippen molar-refractivity contribution in [3.8, 4) is 56.6 Å². The summed E-state index contributed by atoms with van der Waals surface area (Å²) in [5, 5.41) is 28.5. The largest absolute Gasteiger partial charge is 0.192 e. The zero-order valence-electron chi connectivity index (χ0n) is 28.0. The standard InChI is InChI=1S/C49H30N2/c1-3-35-37(34-18-15-30(28-50)16-19-34)21-22-39-45-27-46-41(33-13-9-6-10-14-33)24-44-38-20-17-31(29-51)23-42(38)40(32-11-7-5-8-12-32)25-47(44)48(46)26-43(45)36(4-2)49(35)39/h3-27H,2H2,1H3. The molecule has 1 aliphatic carbocycles. The van der Waals surface area contributed by atoms with Crippen LogP contribution in [0.5, 0.6) is 0 Å². The number of fused-ring (bicyclic) bond motifs is 8. The lowest BCUT2D eigenvalue weighted by Crippen LogP contribution is -2.28. The van der Waals surface area contributed by atoms with Crippen molar-refractivity contribution in [2.75, 3.05) is 0 Å². The number of nitrogens with zero attached hydrogens (tertiary/aromatic N) is 2. The molecule has 0 N–H and O–H groups in total. The van der Waals surface area contributed by atoms with Crippen LogP contribution in [0.1, 0.15) is 23.6 Å². The first-order valence-electron chi connectivity index (χ1n) is 17.1. The maximum Gasteiger partial charge on any atom is 0.0991 e. The fourth-order valence-corrected chi connectivity index (χ4v) is 8.08. The van der Waals surface area contributed by atoms with Gasteiger partial charge in [-0.1, -0.05) is 110 Å². The molecular formula is C49H30N2. The molecule has 0 spiro atoms. The second-order valence-electron chi connectivity index (χ2n) is 13.0. The Morgan fingerprint density at radius 3 is 1.57 bits per heavy atom. The number of benzene rings is 8. The Morgan fingerprint density at radius 2 is 0.961 bits per heavy atom. The van der Waals surface area contributed by atoms with Gasteiger partial charge in [0.05, 0.1) is 23.3 Å². The van der Waals surface area contributed by atoms with Gasteiger partial charge in [-0.3, -0.25) is 0 Å². The van der Waals surface area contributed by atoms with E-state index < -0.39 is 0 Å². The molecule has 2 nitrogen and oxygen atoms in total. The van der Waals surface area contributed by atoms with E-state index in [0.29, 0.717) is 11.1 Å². The van der Waals surface area contributed by atoms with Gasteiger partial charge in [-0.15, -0.1) is 0 Å². The molecule has 0 bridgehead atoms. The summed E-state index contributed by atoms with van der Waals surface area (Å²) in [5.74, 6) is 0. The smallest absolute Gasteiger partial charge is 0.0991 e. The topological polar surface area (TPSA) is 47.6 Å². The second-order valence-corrected chi connectivity index (χ2v) is 13.0. The molecule has 0 atom stereocenters. The first kappa shape index (κ1) is 30.1.